The van der Waals surface area contributed by atoms with Gasteiger partial charge in [-0.1, -0.05) is 11.6 Å². The topological polar surface area (TPSA) is 47.3 Å². The molecule has 0 bridgehead atoms. The van der Waals surface area contributed by atoms with Crippen molar-refractivity contribution in [2.75, 3.05) is 13.2 Å². The first-order valence-corrected chi connectivity index (χ1v) is 9.45. The average Bonchev–Trinajstić information content (AvgIpc) is 3.16. The van der Waals surface area contributed by atoms with Gasteiger partial charge < -0.3 is 9.84 Å². The van der Waals surface area contributed by atoms with Crippen LogP contribution in [0.3, 0.4) is 0 Å². The van der Waals surface area contributed by atoms with E-state index in [1.54, 1.807) is 0 Å². The number of fused-ring (bicyclic) bond motifs is 1. The summed E-state index contributed by atoms with van der Waals surface area (Å²) in [6.07, 6.45) is 7.15. The van der Waals surface area contributed by atoms with Gasteiger partial charge in [-0.2, -0.15) is 5.10 Å². The maximum Gasteiger partial charge on any atom is 0.150 e. The summed E-state index contributed by atoms with van der Waals surface area (Å²) in [6, 6.07) is 2.02. The van der Waals surface area contributed by atoms with E-state index in [4.69, 9.17) is 21.4 Å². The first-order chi connectivity index (χ1) is 11.2. The van der Waals surface area contributed by atoms with Crippen molar-refractivity contribution in [1.82, 2.24) is 9.78 Å². The second-order valence-corrected chi connectivity index (χ2v) is 7.74. The van der Waals surface area contributed by atoms with E-state index in [9.17, 15) is 0 Å². The van der Waals surface area contributed by atoms with Gasteiger partial charge in [0, 0.05) is 28.1 Å². The molecule has 2 heterocycles. The van der Waals surface area contributed by atoms with Gasteiger partial charge in [0.15, 0.2) is 6.23 Å². The molecule has 1 saturated heterocycles. The van der Waals surface area contributed by atoms with Gasteiger partial charge in [-0.15, -0.1) is 0 Å². The van der Waals surface area contributed by atoms with E-state index in [0.29, 0.717) is 11.8 Å². The lowest BCUT2D eigenvalue weighted by Crippen LogP contribution is -2.18. The lowest BCUT2D eigenvalue weighted by atomic mass is 10.1. The first kappa shape index (κ1) is 15.9. The van der Waals surface area contributed by atoms with Crippen LogP contribution in [0.1, 0.15) is 49.8 Å². The second kappa shape index (κ2) is 6.36. The highest BCUT2D eigenvalue weighted by Gasteiger charge is 2.40. The smallest absolute Gasteiger partial charge is 0.150 e. The Morgan fingerprint density at radius 2 is 2.30 bits per heavy atom. The molecular formula is C17H20BrClN2O2. The van der Waals surface area contributed by atoms with Crippen LogP contribution in [0.15, 0.2) is 16.7 Å². The van der Waals surface area contributed by atoms with E-state index in [2.05, 4.69) is 21.0 Å². The molecule has 0 spiro atoms. The lowest BCUT2D eigenvalue weighted by molar-refractivity contribution is -0.0366. The molecule has 1 unspecified atom stereocenters. The minimum atomic E-state index is 0.0122. The Labute approximate surface area is 148 Å². The van der Waals surface area contributed by atoms with Crippen molar-refractivity contribution in [2.24, 2.45) is 5.92 Å². The molecule has 6 heteroatoms. The van der Waals surface area contributed by atoms with Gasteiger partial charge in [0.2, 0.25) is 0 Å². The zero-order valence-corrected chi connectivity index (χ0v) is 15.2. The molecule has 4 nitrogen and oxygen atoms in total. The molecule has 2 aliphatic rings. The van der Waals surface area contributed by atoms with Crippen molar-refractivity contribution >= 4 is 38.4 Å². The molecular weight excluding hydrogens is 380 g/mol. The summed E-state index contributed by atoms with van der Waals surface area (Å²) >= 11 is 10.4. The van der Waals surface area contributed by atoms with E-state index < -0.39 is 0 Å². The summed E-state index contributed by atoms with van der Waals surface area (Å²) in [6.45, 7) is 1.04. The van der Waals surface area contributed by atoms with Crippen LogP contribution in [0.4, 0.5) is 0 Å². The third kappa shape index (κ3) is 2.82. The number of aliphatic hydroxyl groups excluding tert-OH is 1. The molecule has 1 aromatic carbocycles. The van der Waals surface area contributed by atoms with E-state index >= 15 is 0 Å². The molecule has 0 radical (unpaired) electrons. The van der Waals surface area contributed by atoms with Crippen LogP contribution < -0.4 is 0 Å². The summed E-state index contributed by atoms with van der Waals surface area (Å²) in [7, 11) is 0. The number of halogens is 2. The van der Waals surface area contributed by atoms with Crippen LogP contribution in [0.25, 0.3) is 10.9 Å². The average molecular weight is 400 g/mol. The van der Waals surface area contributed by atoms with E-state index in [0.717, 1.165) is 52.7 Å². The summed E-state index contributed by atoms with van der Waals surface area (Å²) in [5.74, 6) is 0.991. The Morgan fingerprint density at radius 3 is 3.04 bits per heavy atom. The zero-order valence-electron chi connectivity index (χ0n) is 12.8. The SMILES string of the molecule is OCC[C@H]1C[C@H]1c1c(Cl)cc2c(cnn2C2CCCCO2)c1Br. The third-order valence-electron chi connectivity index (χ3n) is 5.05. The molecule has 2 fully saturated rings. The van der Waals surface area contributed by atoms with Gasteiger partial charge in [-0.25, -0.2) is 4.68 Å². The molecule has 1 aliphatic carbocycles. The van der Waals surface area contributed by atoms with Gasteiger partial charge in [-0.05, 0) is 71.5 Å². The predicted octanol–water partition coefficient (Wildman–Crippen LogP) is 4.64. The Balaban J connectivity index is 1.72. The van der Waals surface area contributed by atoms with Crippen molar-refractivity contribution in [3.8, 4) is 0 Å². The Morgan fingerprint density at radius 1 is 1.43 bits per heavy atom. The quantitative estimate of drug-likeness (QED) is 0.815. The highest BCUT2D eigenvalue weighted by atomic mass is 79.9. The van der Waals surface area contributed by atoms with Gasteiger partial charge in [0.25, 0.3) is 0 Å². The number of aliphatic hydroxyl groups is 1. The molecule has 1 saturated carbocycles. The molecule has 1 aliphatic heterocycles. The van der Waals surface area contributed by atoms with Crippen molar-refractivity contribution in [1.29, 1.82) is 0 Å². The second-order valence-electron chi connectivity index (χ2n) is 6.54. The van der Waals surface area contributed by atoms with E-state index in [1.807, 2.05) is 16.9 Å². The van der Waals surface area contributed by atoms with Gasteiger partial charge in [0.1, 0.15) is 0 Å². The minimum absolute atomic E-state index is 0.0122. The first-order valence-electron chi connectivity index (χ1n) is 8.28. The molecule has 0 amide bonds. The molecule has 4 rings (SSSR count). The Kier molecular flexibility index (Phi) is 4.39. The maximum absolute atomic E-state index is 9.13. The molecule has 124 valence electrons. The van der Waals surface area contributed by atoms with Crippen molar-refractivity contribution in [3.05, 3.63) is 27.3 Å². The Bertz CT molecular complexity index is 727. The number of hydrogen-bond donors (Lipinski definition) is 1. The third-order valence-corrected chi connectivity index (χ3v) is 6.22. The van der Waals surface area contributed by atoms with E-state index in [1.165, 1.54) is 12.0 Å². The number of rotatable bonds is 4. The lowest BCUT2D eigenvalue weighted by Gasteiger charge is -2.23. The highest BCUT2D eigenvalue weighted by molar-refractivity contribution is 9.10. The summed E-state index contributed by atoms with van der Waals surface area (Å²) in [5.41, 5.74) is 2.19. The summed E-state index contributed by atoms with van der Waals surface area (Å²) in [5, 5.41) is 15.6. The van der Waals surface area contributed by atoms with Crippen LogP contribution in [0.5, 0.6) is 0 Å². The normalized spacial score (nSPS) is 27.5. The number of ether oxygens (including phenoxy) is 1. The number of nitrogens with zero attached hydrogens (tertiary/aromatic N) is 2. The van der Waals surface area contributed by atoms with Gasteiger partial charge >= 0.3 is 0 Å². The monoisotopic (exact) mass is 398 g/mol. The van der Waals surface area contributed by atoms with Crippen LogP contribution in [0, 0.1) is 5.92 Å². The van der Waals surface area contributed by atoms with Crippen molar-refractivity contribution in [2.45, 2.75) is 44.2 Å². The van der Waals surface area contributed by atoms with Crippen molar-refractivity contribution in [3.63, 3.8) is 0 Å². The van der Waals surface area contributed by atoms with Gasteiger partial charge in [0.05, 0.1) is 11.7 Å². The number of aromatic nitrogens is 2. The zero-order chi connectivity index (χ0) is 16.0. The number of benzene rings is 1. The standard InChI is InChI=1S/C17H20BrClN2O2/c18-17-12-9-20-21(15-3-1-2-6-23-15)14(12)8-13(19)16(17)11-7-10(11)4-5-22/h8-11,15,22H,1-7H2/t10-,11+,15?/m0/s1. The summed E-state index contributed by atoms with van der Waals surface area (Å²) in [4.78, 5) is 0. The van der Waals surface area contributed by atoms with Crippen molar-refractivity contribution < 1.29 is 9.84 Å². The minimum Gasteiger partial charge on any atom is -0.396 e. The van der Waals surface area contributed by atoms with Crippen LogP contribution >= 0.6 is 27.5 Å². The maximum atomic E-state index is 9.13. The fourth-order valence-corrected chi connectivity index (χ4v) is 4.97. The molecule has 3 atom stereocenters. The Hall–Kier alpha value is -0.620. The molecule has 1 aromatic heterocycles. The molecule has 23 heavy (non-hydrogen) atoms. The van der Waals surface area contributed by atoms with Gasteiger partial charge in [-0.3, -0.25) is 0 Å². The highest BCUT2D eigenvalue weighted by Crippen LogP contribution is 2.54. The number of hydrogen-bond acceptors (Lipinski definition) is 3. The summed E-state index contributed by atoms with van der Waals surface area (Å²) < 4.78 is 8.88. The molecule has 2 aromatic rings. The molecule has 1 N–H and O–H groups in total. The van der Waals surface area contributed by atoms with Crippen LogP contribution in [0.2, 0.25) is 5.02 Å². The van der Waals surface area contributed by atoms with E-state index in [-0.39, 0.29) is 12.8 Å². The largest absolute Gasteiger partial charge is 0.396 e. The fourth-order valence-electron chi connectivity index (χ4n) is 3.70. The fraction of sp³-hybridized carbons (Fsp3) is 0.588. The predicted molar refractivity (Wildman–Crippen MR) is 93.8 cm³/mol. The van der Waals surface area contributed by atoms with Crippen LogP contribution in [-0.4, -0.2) is 28.1 Å². The van der Waals surface area contributed by atoms with Crippen LogP contribution in [-0.2, 0) is 4.74 Å².